The smallest absolute Gasteiger partial charge is 0.157 e. The normalized spacial score (nSPS) is 12.8. The average Bonchev–Trinajstić information content (AvgIpc) is 2.07. The van der Waals surface area contributed by atoms with Crippen molar-refractivity contribution in [2.45, 2.75) is 25.8 Å². The van der Waals surface area contributed by atoms with Crippen molar-refractivity contribution in [3.63, 3.8) is 0 Å². The van der Waals surface area contributed by atoms with Crippen LogP contribution in [0.1, 0.15) is 18.9 Å². The van der Waals surface area contributed by atoms with E-state index in [4.69, 9.17) is 10.8 Å². The van der Waals surface area contributed by atoms with Crippen LogP contribution in [0, 0.1) is 0 Å². The summed E-state index contributed by atoms with van der Waals surface area (Å²) < 4.78 is 0. The first-order valence-electron chi connectivity index (χ1n) is 4.36. The van der Waals surface area contributed by atoms with Crippen LogP contribution in [0.15, 0.2) is 18.2 Å². The summed E-state index contributed by atoms with van der Waals surface area (Å²) in [5.41, 5.74) is 6.59. The first kappa shape index (κ1) is 9.86. The van der Waals surface area contributed by atoms with Gasteiger partial charge in [-0.1, -0.05) is 6.07 Å². The second-order valence-corrected chi connectivity index (χ2v) is 3.34. The van der Waals surface area contributed by atoms with E-state index in [9.17, 15) is 5.11 Å². The summed E-state index contributed by atoms with van der Waals surface area (Å²) in [5, 5.41) is 18.2. The van der Waals surface area contributed by atoms with Crippen LogP contribution in [0.2, 0.25) is 0 Å². The quantitative estimate of drug-likeness (QED) is 0.617. The third-order valence-electron chi connectivity index (χ3n) is 1.93. The molecule has 0 bridgehead atoms. The fraction of sp³-hybridized carbons (Fsp3) is 0.400. The summed E-state index contributed by atoms with van der Waals surface area (Å²) in [5.74, 6) is -0.147. The summed E-state index contributed by atoms with van der Waals surface area (Å²) >= 11 is 0. The van der Waals surface area contributed by atoms with E-state index in [1.54, 1.807) is 12.1 Å². The fourth-order valence-corrected chi connectivity index (χ4v) is 1.12. The van der Waals surface area contributed by atoms with Gasteiger partial charge in [-0.15, -0.1) is 0 Å². The van der Waals surface area contributed by atoms with Gasteiger partial charge in [-0.3, -0.25) is 0 Å². The molecular weight excluding hydrogens is 166 g/mol. The molecule has 0 radical (unpaired) electrons. The maximum absolute atomic E-state index is 9.18. The van der Waals surface area contributed by atoms with Crippen molar-refractivity contribution in [3.8, 4) is 11.5 Å². The molecule has 13 heavy (non-hydrogen) atoms. The zero-order valence-electron chi connectivity index (χ0n) is 7.70. The van der Waals surface area contributed by atoms with Crippen molar-refractivity contribution in [1.82, 2.24) is 0 Å². The van der Waals surface area contributed by atoms with Crippen LogP contribution in [0.3, 0.4) is 0 Å². The highest BCUT2D eigenvalue weighted by molar-refractivity contribution is 5.40. The van der Waals surface area contributed by atoms with E-state index >= 15 is 0 Å². The lowest BCUT2D eigenvalue weighted by Crippen LogP contribution is -2.15. The van der Waals surface area contributed by atoms with Crippen molar-refractivity contribution >= 4 is 0 Å². The minimum atomic E-state index is -0.0791. The van der Waals surface area contributed by atoms with Crippen LogP contribution in [0.25, 0.3) is 0 Å². The predicted molar refractivity (Wildman–Crippen MR) is 51.7 cm³/mol. The molecule has 0 heterocycles. The number of phenolic OH excluding ortho intramolecular Hbond substituents is 2. The number of nitrogens with two attached hydrogens (primary N) is 1. The van der Waals surface area contributed by atoms with Gasteiger partial charge in [0.1, 0.15) is 0 Å². The standard InChI is InChI=1S/C10H15NO2/c1-7(11)2-3-8-4-5-9(12)10(13)6-8/h4-7,12-13H,2-3,11H2,1H3/t7-/m1/s1. The van der Waals surface area contributed by atoms with Gasteiger partial charge in [0.2, 0.25) is 0 Å². The van der Waals surface area contributed by atoms with Gasteiger partial charge in [0.25, 0.3) is 0 Å². The van der Waals surface area contributed by atoms with E-state index in [0.29, 0.717) is 0 Å². The van der Waals surface area contributed by atoms with Crippen molar-refractivity contribution in [2.24, 2.45) is 5.73 Å². The summed E-state index contributed by atoms with van der Waals surface area (Å²) in [6.07, 6.45) is 1.70. The Balaban J connectivity index is 2.63. The molecule has 72 valence electrons. The Labute approximate surface area is 77.8 Å². The topological polar surface area (TPSA) is 66.5 Å². The molecule has 0 spiro atoms. The highest BCUT2D eigenvalue weighted by Crippen LogP contribution is 2.25. The molecule has 0 aliphatic carbocycles. The zero-order chi connectivity index (χ0) is 9.84. The van der Waals surface area contributed by atoms with Gasteiger partial charge in [0, 0.05) is 6.04 Å². The van der Waals surface area contributed by atoms with E-state index in [2.05, 4.69) is 0 Å². The molecule has 0 unspecified atom stereocenters. The summed E-state index contributed by atoms with van der Waals surface area (Å²) in [4.78, 5) is 0. The van der Waals surface area contributed by atoms with E-state index in [-0.39, 0.29) is 17.5 Å². The summed E-state index contributed by atoms with van der Waals surface area (Å²) in [7, 11) is 0. The number of aryl methyl sites for hydroxylation is 1. The van der Waals surface area contributed by atoms with E-state index in [1.165, 1.54) is 6.07 Å². The number of hydrogen-bond acceptors (Lipinski definition) is 3. The second-order valence-electron chi connectivity index (χ2n) is 3.34. The number of hydrogen-bond donors (Lipinski definition) is 3. The Bertz CT molecular complexity index is 284. The monoisotopic (exact) mass is 181 g/mol. The lowest BCUT2D eigenvalue weighted by atomic mass is 10.1. The van der Waals surface area contributed by atoms with Gasteiger partial charge in [-0.25, -0.2) is 0 Å². The molecular formula is C10H15NO2. The Morgan fingerprint density at radius 1 is 1.31 bits per heavy atom. The van der Waals surface area contributed by atoms with Crippen molar-refractivity contribution < 1.29 is 10.2 Å². The van der Waals surface area contributed by atoms with Crippen LogP contribution in [0.5, 0.6) is 11.5 Å². The van der Waals surface area contributed by atoms with E-state index < -0.39 is 0 Å². The number of phenols is 2. The van der Waals surface area contributed by atoms with Crippen LogP contribution in [-0.4, -0.2) is 16.3 Å². The highest BCUT2D eigenvalue weighted by Gasteiger charge is 2.01. The minimum Gasteiger partial charge on any atom is -0.504 e. The molecule has 1 atom stereocenters. The second kappa shape index (κ2) is 4.14. The van der Waals surface area contributed by atoms with Crippen LogP contribution >= 0.6 is 0 Å². The Morgan fingerprint density at radius 3 is 2.54 bits per heavy atom. The molecule has 0 amide bonds. The van der Waals surface area contributed by atoms with Crippen LogP contribution in [-0.2, 0) is 6.42 Å². The van der Waals surface area contributed by atoms with Gasteiger partial charge in [-0.05, 0) is 37.5 Å². The summed E-state index contributed by atoms with van der Waals surface area (Å²) in [6.45, 7) is 1.94. The number of rotatable bonds is 3. The lowest BCUT2D eigenvalue weighted by molar-refractivity contribution is 0.403. The fourth-order valence-electron chi connectivity index (χ4n) is 1.12. The van der Waals surface area contributed by atoms with Crippen molar-refractivity contribution in [2.75, 3.05) is 0 Å². The van der Waals surface area contributed by atoms with E-state index in [1.807, 2.05) is 6.92 Å². The molecule has 3 heteroatoms. The van der Waals surface area contributed by atoms with Crippen molar-refractivity contribution in [3.05, 3.63) is 23.8 Å². The van der Waals surface area contributed by atoms with Crippen LogP contribution in [0.4, 0.5) is 0 Å². The van der Waals surface area contributed by atoms with Gasteiger partial charge < -0.3 is 15.9 Å². The number of benzene rings is 1. The molecule has 0 fully saturated rings. The molecule has 0 aromatic heterocycles. The molecule has 0 aliphatic heterocycles. The lowest BCUT2D eigenvalue weighted by Gasteiger charge is -2.05. The highest BCUT2D eigenvalue weighted by atomic mass is 16.3. The van der Waals surface area contributed by atoms with E-state index in [0.717, 1.165) is 18.4 Å². The predicted octanol–water partition coefficient (Wildman–Crippen LogP) is 1.38. The Hall–Kier alpha value is -1.22. The SMILES string of the molecule is C[C@@H](N)CCc1ccc(O)c(O)c1. The summed E-state index contributed by atoms with van der Waals surface area (Å²) in [6, 6.07) is 5.01. The number of aromatic hydroxyl groups is 2. The molecule has 0 saturated heterocycles. The third kappa shape index (κ3) is 2.95. The first-order chi connectivity index (χ1) is 6.09. The minimum absolute atomic E-state index is 0.0674. The molecule has 0 saturated carbocycles. The Kier molecular flexibility index (Phi) is 3.14. The molecule has 0 aliphatic rings. The first-order valence-corrected chi connectivity index (χ1v) is 4.36. The largest absolute Gasteiger partial charge is 0.504 e. The van der Waals surface area contributed by atoms with Crippen molar-refractivity contribution in [1.29, 1.82) is 0 Å². The van der Waals surface area contributed by atoms with Gasteiger partial charge in [-0.2, -0.15) is 0 Å². The molecule has 1 aromatic carbocycles. The maximum Gasteiger partial charge on any atom is 0.157 e. The third-order valence-corrected chi connectivity index (χ3v) is 1.93. The zero-order valence-corrected chi connectivity index (χ0v) is 7.70. The Morgan fingerprint density at radius 2 is 2.00 bits per heavy atom. The molecule has 4 N–H and O–H groups in total. The van der Waals surface area contributed by atoms with Gasteiger partial charge in [0.15, 0.2) is 11.5 Å². The van der Waals surface area contributed by atoms with Gasteiger partial charge in [0.05, 0.1) is 0 Å². The van der Waals surface area contributed by atoms with Gasteiger partial charge >= 0.3 is 0 Å². The molecule has 1 rings (SSSR count). The van der Waals surface area contributed by atoms with Crippen LogP contribution < -0.4 is 5.73 Å². The molecule has 1 aromatic rings. The average molecular weight is 181 g/mol. The molecule has 3 nitrogen and oxygen atoms in total. The maximum atomic E-state index is 9.18.